The SMILES string of the molecule is CC(=O)O.CC(=O)O.[Co].[Fe]. The topological polar surface area (TPSA) is 74.6 Å². The molecule has 0 atom stereocenters. The Hall–Kier alpha value is -0.0340. The molecule has 0 bridgehead atoms. The predicted octanol–water partition coefficient (Wildman–Crippen LogP) is 0.177. The molecule has 0 aliphatic carbocycles. The van der Waals surface area contributed by atoms with E-state index in [1.165, 1.54) is 0 Å². The second kappa shape index (κ2) is 16.0. The third-order valence-corrected chi connectivity index (χ3v) is 0. The van der Waals surface area contributed by atoms with Gasteiger partial charge in [-0.3, -0.25) is 9.59 Å². The molecule has 0 rings (SSSR count). The molecule has 0 fully saturated rings. The fraction of sp³-hybridized carbons (Fsp3) is 0.500. The van der Waals surface area contributed by atoms with Gasteiger partial charge in [-0.1, -0.05) is 0 Å². The van der Waals surface area contributed by atoms with Gasteiger partial charge in [-0.15, -0.1) is 0 Å². The summed E-state index contributed by atoms with van der Waals surface area (Å²) in [6.07, 6.45) is 0. The van der Waals surface area contributed by atoms with E-state index in [0.717, 1.165) is 13.8 Å². The van der Waals surface area contributed by atoms with Gasteiger partial charge < -0.3 is 10.2 Å². The molecular weight excluding hydrogens is 227 g/mol. The van der Waals surface area contributed by atoms with E-state index in [2.05, 4.69) is 0 Å². The summed E-state index contributed by atoms with van der Waals surface area (Å²) in [6.45, 7) is 2.17. The van der Waals surface area contributed by atoms with Crippen molar-refractivity contribution >= 4 is 11.9 Å². The molecule has 0 saturated heterocycles. The maximum Gasteiger partial charge on any atom is 0.300 e. The molecule has 0 aliphatic heterocycles. The molecule has 4 nitrogen and oxygen atoms in total. The van der Waals surface area contributed by atoms with Crippen LogP contribution < -0.4 is 0 Å². The van der Waals surface area contributed by atoms with E-state index in [0.29, 0.717) is 0 Å². The van der Waals surface area contributed by atoms with Crippen LogP contribution in [0, 0.1) is 0 Å². The summed E-state index contributed by atoms with van der Waals surface area (Å²) in [5.41, 5.74) is 0. The van der Waals surface area contributed by atoms with Crippen LogP contribution in [-0.4, -0.2) is 22.2 Å². The first-order valence-electron chi connectivity index (χ1n) is 1.86. The van der Waals surface area contributed by atoms with Gasteiger partial charge in [0.05, 0.1) is 0 Å². The van der Waals surface area contributed by atoms with Gasteiger partial charge in [-0.2, -0.15) is 0 Å². The Labute approximate surface area is 79.7 Å². The van der Waals surface area contributed by atoms with E-state index in [4.69, 9.17) is 19.8 Å². The molecule has 0 heterocycles. The van der Waals surface area contributed by atoms with E-state index in [1.54, 1.807) is 0 Å². The van der Waals surface area contributed by atoms with Gasteiger partial charge in [0.1, 0.15) is 0 Å². The van der Waals surface area contributed by atoms with Gasteiger partial charge in [0.15, 0.2) is 0 Å². The molecule has 0 amide bonds. The Morgan fingerprint density at radius 3 is 1.00 bits per heavy atom. The Balaban J connectivity index is -0.0000000300. The standard InChI is InChI=1S/2C2H4O2.Co.Fe/c2*1-2(3)4;;/h2*1H3,(H,3,4);;. The minimum absolute atomic E-state index is 0. The minimum atomic E-state index is -0.833. The van der Waals surface area contributed by atoms with E-state index < -0.39 is 11.9 Å². The molecule has 0 aromatic carbocycles. The molecule has 10 heavy (non-hydrogen) atoms. The predicted molar refractivity (Wildman–Crippen MR) is 26.6 cm³/mol. The van der Waals surface area contributed by atoms with Crippen molar-refractivity contribution < 1.29 is 53.6 Å². The van der Waals surface area contributed by atoms with Crippen molar-refractivity contribution in [3.63, 3.8) is 0 Å². The monoisotopic (exact) mass is 235 g/mol. The van der Waals surface area contributed by atoms with Crippen LogP contribution >= 0.6 is 0 Å². The molecule has 0 aromatic rings. The van der Waals surface area contributed by atoms with E-state index >= 15 is 0 Å². The third-order valence-electron chi connectivity index (χ3n) is 0. The van der Waals surface area contributed by atoms with E-state index in [-0.39, 0.29) is 33.8 Å². The first kappa shape index (κ1) is 22.5. The average molecular weight is 235 g/mol. The van der Waals surface area contributed by atoms with Crippen molar-refractivity contribution in [2.45, 2.75) is 13.8 Å². The van der Waals surface area contributed by atoms with Crippen LogP contribution in [0.15, 0.2) is 0 Å². The van der Waals surface area contributed by atoms with Gasteiger partial charge in [-0.25, -0.2) is 0 Å². The van der Waals surface area contributed by atoms with Crippen LogP contribution in [0.2, 0.25) is 0 Å². The van der Waals surface area contributed by atoms with Gasteiger partial charge in [0.2, 0.25) is 0 Å². The van der Waals surface area contributed by atoms with Crippen molar-refractivity contribution in [2.24, 2.45) is 0 Å². The zero-order valence-electron chi connectivity index (χ0n) is 5.40. The van der Waals surface area contributed by atoms with Crippen LogP contribution in [0.3, 0.4) is 0 Å². The second-order valence-electron chi connectivity index (χ2n) is 1.04. The average Bonchev–Trinajstić information content (AvgIpc) is 1.25. The fourth-order valence-electron chi connectivity index (χ4n) is 0. The van der Waals surface area contributed by atoms with Crippen LogP contribution in [-0.2, 0) is 43.4 Å². The maximum absolute atomic E-state index is 9.00. The van der Waals surface area contributed by atoms with Crippen molar-refractivity contribution in [3.8, 4) is 0 Å². The van der Waals surface area contributed by atoms with Crippen molar-refractivity contribution in [3.05, 3.63) is 0 Å². The first-order chi connectivity index (χ1) is 3.46. The number of hydrogen-bond acceptors (Lipinski definition) is 2. The zero-order valence-corrected chi connectivity index (χ0v) is 7.54. The van der Waals surface area contributed by atoms with E-state index in [9.17, 15) is 0 Å². The summed E-state index contributed by atoms with van der Waals surface area (Å²) in [4.78, 5) is 18.0. The Morgan fingerprint density at radius 2 is 1.00 bits per heavy atom. The van der Waals surface area contributed by atoms with Gasteiger partial charge >= 0.3 is 0 Å². The van der Waals surface area contributed by atoms with Crippen molar-refractivity contribution in [2.75, 3.05) is 0 Å². The smallest absolute Gasteiger partial charge is 0.300 e. The maximum atomic E-state index is 9.00. The van der Waals surface area contributed by atoms with Crippen molar-refractivity contribution in [1.82, 2.24) is 0 Å². The Kier molecular flexibility index (Phi) is 36.0. The number of carbonyl (C=O) groups is 2. The summed E-state index contributed by atoms with van der Waals surface area (Å²) in [5, 5.41) is 14.8. The molecule has 0 aromatic heterocycles. The molecule has 0 saturated carbocycles. The minimum Gasteiger partial charge on any atom is -0.481 e. The van der Waals surface area contributed by atoms with Gasteiger partial charge in [-0.05, 0) is 0 Å². The first-order valence-corrected chi connectivity index (χ1v) is 1.86. The second-order valence-corrected chi connectivity index (χ2v) is 1.04. The molecule has 1 radical (unpaired) electrons. The largest absolute Gasteiger partial charge is 0.481 e. The molecule has 6 heteroatoms. The molecule has 0 spiro atoms. The van der Waals surface area contributed by atoms with Crippen LogP contribution in [0.1, 0.15) is 13.8 Å². The quantitative estimate of drug-likeness (QED) is 0.587. The number of carboxylic acids is 2. The molecule has 0 aliphatic rings. The summed E-state index contributed by atoms with van der Waals surface area (Å²) in [5.74, 6) is -1.67. The number of aliphatic carboxylic acids is 2. The molecule has 0 unspecified atom stereocenters. The van der Waals surface area contributed by atoms with Crippen LogP contribution in [0.25, 0.3) is 0 Å². The Morgan fingerprint density at radius 1 is 1.00 bits per heavy atom. The molecule has 2 N–H and O–H groups in total. The Bertz CT molecular complexity index is 75.3. The molecular formula is C4H8CoFeO4. The van der Waals surface area contributed by atoms with Gasteiger partial charge in [0, 0.05) is 47.7 Å². The number of carboxylic acid groups (broad SMARTS) is 2. The van der Waals surface area contributed by atoms with Gasteiger partial charge in [0.25, 0.3) is 11.9 Å². The van der Waals surface area contributed by atoms with Crippen LogP contribution in [0.5, 0.6) is 0 Å². The fourth-order valence-corrected chi connectivity index (χ4v) is 0. The number of hydrogen-bond donors (Lipinski definition) is 2. The zero-order chi connectivity index (χ0) is 7.15. The summed E-state index contributed by atoms with van der Waals surface area (Å²) < 4.78 is 0. The van der Waals surface area contributed by atoms with E-state index in [1.807, 2.05) is 0 Å². The third kappa shape index (κ3) is 334000. The molecule has 65 valence electrons. The van der Waals surface area contributed by atoms with Crippen LogP contribution in [0.4, 0.5) is 0 Å². The van der Waals surface area contributed by atoms with Crippen molar-refractivity contribution in [1.29, 1.82) is 0 Å². The summed E-state index contributed by atoms with van der Waals surface area (Å²) in [6, 6.07) is 0. The normalized spacial score (nSPS) is 5.00. The summed E-state index contributed by atoms with van der Waals surface area (Å²) in [7, 11) is 0. The summed E-state index contributed by atoms with van der Waals surface area (Å²) >= 11 is 0. The number of rotatable bonds is 0.